The van der Waals surface area contributed by atoms with E-state index in [1.165, 1.54) is 23.0 Å². The number of rotatable bonds is 5. The maximum absolute atomic E-state index is 13.7. The van der Waals surface area contributed by atoms with Gasteiger partial charge in [0.25, 0.3) is 10.0 Å². The number of nitrogens with one attached hydrogen (secondary N) is 1. The topological polar surface area (TPSA) is 64.0 Å². The Labute approximate surface area is 141 Å². The molecule has 0 aliphatic rings. The van der Waals surface area contributed by atoms with E-state index < -0.39 is 10.0 Å². The SMILES string of the molecule is O=S(=O)(Nc1nn(Cc2ccccc2F)cc1Cl)c1cccs1. The van der Waals surface area contributed by atoms with Crippen molar-refractivity contribution in [2.45, 2.75) is 10.8 Å². The summed E-state index contributed by atoms with van der Waals surface area (Å²) in [5, 5.41) is 5.87. The number of anilines is 1. The van der Waals surface area contributed by atoms with Crippen molar-refractivity contribution in [3.63, 3.8) is 0 Å². The van der Waals surface area contributed by atoms with Crippen molar-refractivity contribution in [1.82, 2.24) is 9.78 Å². The molecule has 5 nitrogen and oxygen atoms in total. The summed E-state index contributed by atoms with van der Waals surface area (Å²) in [7, 11) is -3.73. The van der Waals surface area contributed by atoms with E-state index in [0.717, 1.165) is 11.3 Å². The molecule has 3 aromatic rings. The smallest absolute Gasteiger partial charge is 0.265 e. The van der Waals surface area contributed by atoms with Crippen molar-refractivity contribution in [2.24, 2.45) is 0 Å². The van der Waals surface area contributed by atoms with E-state index in [0.29, 0.717) is 5.56 Å². The van der Waals surface area contributed by atoms with Crippen LogP contribution in [0.5, 0.6) is 0 Å². The first-order chi connectivity index (χ1) is 11.0. The van der Waals surface area contributed by atoms with Crippen molar-refractivity contribution in [3.05, 3.63) is 64.4 Å². The number of nitrogens with zero attached hydrogens (tertiary/aromatic N) is 2. The van der Waals surface area contributed by atoms with Gasteiger partial charge in [-0.05, 0) is 17.5 Å². The highest BCUT2D eigenvalue weighted by molar-refractivity contribution is 7.94. The Balaban J connectivity index is 1.83. The molecule has 0 saturated heterocycles. The van der Waals surface area contributed by atoms with Crippen LogP contribution in [-0.2, 0) is 16.6 Å². The Morgan fingerprint density at radius 2 is 2.04 bits per heavy atom. The number of hydrogen-bond donors (Lipinski definition) is 1. The molecule has 0 spiro atoms. The molecule has 1 aromatic carbocycles. The minimum absolute atomic E-state index is 0.0106. The fraction of sp³-hybridized carbons (Fsp3) is 0.0714. The number of aromatic nitrogens is 2. The summed E-state index contributed by atoms with van der Waals surface area (Å²) < 4.78 is 41.9. The van der Waals surface area contributed by atoms with E-state index in [-0.39, 0.29) is 27.4 Å². The molecule has 1 N–H and O–H groups in total. The van der Waals surface area contributed by atoms with E-state index in [4.69, 9.17) is 11.6 Å². The van der Waals surface area contributed by atoms with Crippen molar-refractivity contribution in [3.8, 4) is 0 Å². The van der Waals surface area contributed by atoms with Crippen molar-refractivity contribution in [2.75, 3.05) is 4.72 Å². The van der Waals surface area contributed by atoms with Gasteiger partial charge in [-0.15, -0.1) is 11.3 Å². The van der Waals surface area contributed by atoms with E-state index in [1.54, 1.807) is 29.6 Å². The molecule has 2 aromatic heterocycles. The molecule has 0 saturated carbocycles. The Hall–Kier alpha value is -1.90. The van der Waals surface area contributed by atoms with Crippen molar-refractivity contribution >= 4 is 38.8 Å². The Morgan fingerprint density at radius 1 is 1.26 bits per heavy atom. The van der Waals surface area contributed by atoms with Gasteiger partial charge in [-0.3, -0.25) is 9.40 Å². The van der Waals surface area contributed by atoms with Gasteiger partial charge in [0, 0.05) is 11.8 Å². The summed E-state index contributed by atoms with van der Waals surface area (Å²) in [4.78, 5) is 0. The summed E-state index contributed by atoms with van der Waals surface area (Å²) in [5.74, 6) is -0.351. The normalized spacial score (nSPS) is 11.6. The predicted molar refractivity (Wildman–Crippen MR) is 87.9 cm³/mol. The number of benzene rings is 1. The van der Waals surface area contributed by atoms with Crippen molar-refractivity contribution < 1.29 is 12.8 Å². The van der Waals surface area contributed by atoms with Gasteiger partial charge in [0.15, 0.2) is 5.82 Å². The lowest BCUT2D eigenvalue weighted by atomic mass is 10.2. The van der Waals surface area contributed by atoms with Gasteiger partial charge in [-0.1, -0.05) is 35.9 Å². The summed E-state index contributed by atoms with van der Waals surface area (Å²) >= 11 is 7.11. The second kappa shape index (κ2) is 6.31. The number of halogens is 2. The second-order valence-electron chi connectivity index (χ2n) is 4.65. The summed E-state index contributed by atoms with van der Waals surface area (Å²) in [6.45, 7) is 0.146. The monoisotopic (exact) mass is 371 g/mol. The van der Waals surface area contributed by atoms with Crippen LogP contribution in [-0.4, -0.2) is 18.2 Å². The van der Waals surface area contributed by atoms with Crippen LogP contribution in [0, 0.1) is 5.82 Å². The van der Waals surface area contributed by atoms with Gasteiger partial charge < -0.3 is 0 Å². The molecule has 23 heavy (non-hydrogen) atoms. The third-order valence-electron chi connectivity index (χ3n) is 3.00. The first-order valence-electron chi connectivity index (χ1n) is 6.48. The molecule has 2 heterocycles. The molecular formula is C14H11ClFN3O2S2. The lowest BCUT2D eigenvalue weighted by Gasteiger charge is -2.04. The molecule has 0 radical (unpaired) electrons. The quantitative estimate of drug-likeness (QED) is 0.745. The Kier molecular flexibility index (Phi) is 4.38. The average Bonchev–Trinajstić information content (AvgIpc) is 3.13. The van der Waals surface area contributed by atoms with E-state index in [9.17, 15) is 12.8 Å². The molecule has 9 heteroatoms. The maximum atomic E-state index is 13.7. The Bertz CT molecular complexity index is 923. The van der Waals surface area contributed by atoms with Gasteiger partial charge in [0.1, 0.15) is 15.0 Å². The summed E-state index contributed by atoms with van der Waals surface area (Å²) in [6, 6.07) is 9.40. The first kappa shape index (κ1) is 16.0. The largest absolute Gasteiger partial charge is 0.272 e. The maximum Gasteiger partial charge on any atom is 0.272 e. The average molecular weight is 372 g/mol. The lowest BCUT2D eigenvalue weighted by molar-refractivity contribution is 0.585. The third kappa shape index (κ3) is 3.54. The molecule has 0 amide bonds. The molecule has 0 unspecified atom stereocenters. The first-order valence-corrected chi connectivity index (χ1v) is 9.22. The van der Waals surface area contributed by atoms with Crippen LogP contribution < -0.4 is 4.72 Å². The van der Waals surface area contributed by atoms with Crippen LogP contribution in [0.25, 0.3) is 0 Å². The van der Waals surface area contributed by atoms with Gasteiger partial charge >= 0.3 is 0 Å². The van der Waals surface area contributed by atoms with Gasteiger partial charge in [-0.25, -0.2) is 12.8 Å². The van der Waals surface area contributed by atoms with Crippen molar-refractivity contribution in [1.29, 1.82) is 0 Å². The van der Waals surface area contributed by atoms with Crippen LogP contribution in [0.1, 0.15) is 5.56 Å². The number of hydrogen-bond acceptors (Lipinski definition) is 4. The second-order valence-corrected chi connectivity index (χ2v) is 7.92. The zero-order chi connectivity index (χ0) is 16.4. The molecule has 0 fully saturated rings. The predicted octanol–water partition coefficient (Wildman–Crippen LogP) is 3.59. The highest BCUT2D eigenvalue weighted by Gasteiger charge is 2.19. The molecule has 0 aliphatic carbocycles. The zero-order valence-corrected chi connectivity index (χ0v) is 14.0. The zero-order valence-electron chi connectivity index (χ0n) is 11.6. The molecular weight excluding hydrogens is 361 g/mol. The summed E-state index contributed by atoms with van der Waals surface area (Å²) in [6.07, 6.45) is 1.44. The van der Waals surface area contributed by atoms with E-state index >= 15 is 0 Å². The van der Waals surface area contributed by atoms with Gasteiger partial charge in [0.2, 0.25) is 0 Å². The van der Waals surface area contributed by atoms with Crippen LogP contribution >= 0.6 is 22.9 Å². The standard InChI is InChI=1S/C14H11ClFN3O2S2/c15-11-9-19(8-10-4-1-2-5-12(10)16)17-14(11)18-23(20,21)13-6-3-7-22-13/h1-7,9H,8H2,(H,17,18). The van der Waals surface area contributed by atoms with Crippen LogP contribution in [0.4, 0.5) is 10.2 Å². The molecule has 0 atom stereocenters. The van der Waals surface area contributed by atoms with E-state index in [1.807, 2.05) is 0 Å². The third-order valence-corrected chi connectivity index (χ3v) is 6.01. The highest BCUT2D eigenvalue weighted by Crippen LogP contribution is 2.25. The van der Waals surface area contributed by atoms with E-state index in [2.05, 4.69) is 9.82 Å². The Morgan fingerprint density at radius 3 is 2.74 bits per heavy atom. The fourth-order valence-electron chi connectivity index (χ4n) is 1.94. The van der Waals surface area contributed by atoms with Crippen LogP contribution in [0.15, 0.2) is 52.2 Å². The minimum atomic E-state index is -3.73. The highest BCUT2D eigenvalue weighted by atomic mass is 35.5. The lowest BCUT2D eigenvalue weighted by Crippen LogP contribution is -2.12. The fourth-order valence-corrected chi connectivity index (χ4v) is 4.21. The molecule has 0 bridgehead atoms. The van der Waals surface area contributed by atoms with Crippen LogP contribution in [0.2, 0.25) is 5.02 Å². The number of sulfonamides is 1. The number of thiophene rings is 1. The molecule has 0 aliphatic heterocycles. The molecule has 120 valence electrons. The van der Waals surface area contributed by atoms with Gasteiger partial charge in [-0.2, -0.15) is 5.10 Å². The summed E-state index contributed by atoms with van der Waals surface area (Å²) in [5.41, 5.74) is 0.430. The minimum Gasteiger partial charge on any atom is -0.265 e. The van der Waals surface area contributed by atoms with Gasteiger partial charge in [0.05, 0.1) is 6.54 Å². The van der Waals surface area contributed by atoms with Crippen LogP contribution in [0.3, 0.4) is 0 Å². The molecule has 3 rings (SSSR count).